The first-order valence-corrected chi connectivity index (χ1v) is 7.49. The van der Waals surface area contributed by atoms with E-state index in [0.29, 0.717) is 24.9 Å². The van der Waals surface area contributed by atoms with Gasteiger partial charge in [-0.1, -0.05) is 12.6 Å². The molecule has 7 heteroatoms. The molecule has 1 saturated heterocycles. The summed E-state index contributed by atoms with van der Waals surface area (Å²) in [6, 6.07) is 4.74. The molecule has 2 aliphatic rings. The second-order valence-corrected chi connectivity index (χ2v) is 5.80. The minimum Gasteiger partial charge on any atom is -0.511 e. The van der Waals surface area contributed by atoms with Gasteiger partial charge in [-0.25, -0.2) is 0 Å². The topological polar surface area (TPSA) is 102 Å². The van der Waals surface area contributed by atoms with Crippen molar-refractivity contribution in [1.82, 2.24) is 10.2 Å². The lowest BCUT2D eigenvalue weighted by atomic mass is 10.0. The Balaban J connectivity index is 1.82. The summed E-state index contributed by atoms with van der Waals surface area (Å²) < 4.78 is 0. The van der Waals surface area contributed by atoms with E-state index < -0.39 is 12.3 Å². The lowest BCUT2D eigenvalue weighted by Crippen LogP contribution is -2.54. The summed E-state index contributed by atoms with van der Waals surface area (Å²) in [5.74, 6) is -0.518. The monoisotopic (exact) mass is 317 g/mol. The number of amides is 2. The number of rotatable bonds is 4. The number of nitrogens with zero attached hydrogens (tertiary/aromatic N) is 1. The zero-order valence-corrected chi connectivity index (χ0v) is 12.6. The number of piperidine rings is 1. The van der Waals surface area contributed by atoms with Gasteiger partial charge in [0.2, 0.25) is 5.91 Å². The summed E-state index contributed by atoms with van der Waals surface area (Å²) in [6.07, 6.45) is 0.0150. The maximum atomic E-state index is 12.6. The van der Waals surface area contributed by atoms with Crippen LogP contribution in [0.1, 0.15) is 28.8 Å². The number of aliphatic hydroxyl groups excluding tert-OH is 2. The van der Waals surface area contributed by atoms with Crippen molar-refractivity contribution in [3.63, 3.8) is 0 Å². The molecule has 2 atom stereocenters. The van der Waals surface area contributed by atoms with E-state index in [2.05, 4.69) is 17.2 Å². The van der Waals surface area contributed by atoms with E-state index in [1.807, 2.05) is 6.07 Å². The molecule has 1 aromatic rings. The molecular weight excluding hydrogens is 298 g/mol. The van der Waals surface area contributed by atoms with E-state index in [0.717, 1.165) is 11.3 Å². The van der Waals surface area contributed by atoms with Crippen LogP contribution in [0, 0.1) is 0 Å². The molecule has 122 valence electrons. The Kier molecular flexibility index (Phi) is 3.96. The van der Waals surface area contributed by atoms with E-state index in [1.54, 1.807) is 12.1 Å². The number of fused-ring (bicyclic) bond motifs is 1. The van der Waals surface area contributed by atoms with E-state index in [4.69, 9.17) is 0 Å². The molecule has 2 amide bonds. The summed E-state index contributed by atoms with van der Waals surface area (Å²) in [6.45, 7) is 3.94. The Morgan fingerprint density at radius 1 is 1.39 bits per heavy atom. The van der Waals surface area contributed by atoms with Crippen LogP contribution in [0.2, 0.25) is 0 Å². The lowest BCUT2D eigenvalue weighted by Gasteiger charge is -2.32. The molecule has 0 radical (unpaired) electrons. The van der Waals surface area contributed by atoms with Gasteiger partial charge in [-0.3, -0.25) is 9.59 Å². The minimum atomic E-state index is -0.841. The molecule has 0 spiro atoms. The van der Waals surface area contributed by atoms with Crippen molar-refractivity contribution < 1.29 is 19.8 Å². The lowest BCUT2D eigenvalue weighted by molar-refractivity contribution is -0.132. The fourth-order valence-electron chi connectivity index (χ4n) is 3.05. The average Bonchev–Trinajstić information content (AvgIpc) is 2.83. The summed E-state index contributed by atoms with van der Waals surface area (Å²) >= 11 is 0. The first kappa shape index (κ1) is 15.4. The van der Waals surface area contributed by atoms with Gasteiger partial charge in [-0.05, 0) is 25.0 Å². The van der Waals surface area contributed by atoms with Crippen molar-refractivity contribution in [3.05, 3.63) is 41.7 Å². The zero-order valence-electron chi connectivity index (χ0n) is 12.6. The van der Waals surface area contributed by atoms with Crippen molar-refractivity contribution >= 4 is 17.5 Å². The highest BCUT2D eigenvalue weighted by molar-refractivity contribution is 6.02. The highest BCUT2D eigenvalue weighted by Crippen LogP contribution is 2.32. The van der Waals surface area contributed by atoms with Crippen molar-refractivity contribution in [3.8, 4) is 0 Å². The van der Waals surface area contributed by atoms with Crippen LogP contribution in [0.3, 0.4) is 0 Å². The molecule has 0 aliphatic carbocycles. The number of carbonyl (C=O) groups excluding carboxylic acids is 2. The van der Waals surface area contributed by atoms with Gasteiger partial charge in [0.05, 0.1) is 6.54 Å². The molecule has 1 fully saturated rings. The van der Waals surface area contributed by atoms with Gasteiger partial charge in [0, 0.05) is 23.4 Å². The average molecular weight is 317 g/mol. The number of hydrogen-bond donors (Lipinski definition) is 4. The van der Waals surface area contributed by atoms with Gasteiger partial charge in [0.25, 0.3) is 5.91 Å². The first-order valence-electron chi connectivity index (χ1n) is 7.49. The number of carbonyl (C=O) groups is 2. The zero-order chi connectivity index (χ0) is 16.6. The number of anilines is 1. The highest BCUT2D eigenvalue weighted by Gasteiger charge is 2.39. The Hall–Kier alpha value is -2.54. The predicted molar refractivity (Wildman–Crippen MR) is 83.7 cm³/mol. The van der Waals surface area contributed by atoms with Crippen molar-refractivity contribution in [1.29, 1.82) is 0 Å². The quantitative estimate of drug-likeness (QED) is 0.613. The third-order valence-corrected chi connectivity index (χ3v) is 4.18. The van der Waals surface area contributed by atoms with Crippen molar-refractivity contribution in [2.24, 2.45) is 0 Å². The normalized spacial score (nSPS) is 23.4. The van der Waals surface area contributed by atoms with E-state index >= 15 is 0 Å². The summed E-state index contributed by atoms with van der Waals surface area (Å²) in [5.41, 5.74) is 2.10. The fraction of sp³-hybridized carbons (Fsp3) is 0.375. The molecule has 2 heterocycles. The van der Waals surface area contributed by atoms with E-state index in [-0.39, 0.29) is 24.1 Å². The van der Waals surface area contributed by atoms with Crippen molar-refractivity contribution in [2.45, 2.75) is 31.7 Å². The molecular formula is C16H19N3O4. The van der Waals surface area contributed by atoms with Gasteiger partial charge in [-0.15, -0.1) is 0 Å². The number of nitrogens with one attached hydrogen (secondary N) is 2. The van der Waals surface area contributed by atoms with Crippen LogP contribution in [0.4, 0.5) is 5.69 Å². The Bertz CT molecular complexity index is 673. The molecule has 7 nitrogen and oxygen atoms in total. The van der Waals surface area contributed by atoms with E-state index in [1.165, 1.54) is 4.90 Å². The summed E-state index contributed by atoms with van der Waals surface area (Å²) in [5, 5.41) is 24.2. The fourth-order valence-corrected chi connectivity index (χ4v) is 3.05. The molecule has 0 saturated carbocycles. The highest BCUT2D eigenvalue weighted by atomic mass is 16.3. The van der Waals surface area contributed by atoms with Crippen LogP contribution < -0.4 is 10.6 Å². The smallest absolute Gasteiger partial charge is 0.255 e. The Labute approximate surface area is 133 Å². The molecule has 0 aromatic heterocycles. The standard InChI is InChI=1S/C16H19N3O4/c1-9(20)7-17-12-4-2-3-10-11(12)8-19(16(10)23)13-5-6-14(21)18-15(13)22/h2-4,13-14,17,20-21H,1,5-8H2,(H,18,22). The maximum Gasteiger partial charge on any atom is 0.255 e. The Morgan fingerprint density at radius 2 is 2.17 bits per heavy atom. The van der Waals surface area contributed by atoms with Gasteiger partial charge in [0.15, 0.2) is 0 Å². The number of benzene rings is 1. The third kappa shape index (κ3) is 2.87. The van der Waals surface area contributed by atoms with Crippen LogP contribution in [0.5, 0.6) is 0 Å². The maximum absolute atomic E-state index is 12.6. The largest absolute Gasteiger partial charge is 0.511 e. The van der Waals surface area contributed by atoms with Crippen LogP contribution in [-0.2, 0) is 11.3 Å². The van der Waals surface area contributed by atoms with Crippen LogP contribution >= 0.6 is 0 Å². The minimum absolute atomic E-state index is 0.00410. The molecule has 23 heavy (non-hydrogen) atoms. The van der Waals surface area contributed by atoms with Crippen LogP contribution in [0.15, 0.2) is 30.5 Å². The SMILES string of the molecule is C=C(O)CNc1cccc2c1CN(C1CCC(O)NC1=O)C2=O. The summed E-state index contributed by atoms with van der Waals surface area (Å²) in [4.78, 5) is 26.2. The second-order valence-electron chi connectivity index (χ2n) is 5.80. The predicted octanol–water partition coefficient (Wildman–Crippen LogP) is 0.723. The Morgan fingerprint density at radius 3 is 2.87 bits per heavy atom. The van der Waals surface area contributed by atoms with Crippen molar-refractivity contribution in [2.75, 3.05) is 11.9 Å². The molecule has 1 aromatic carbocycles. The molecule has 0 bridgehead atoms. The van der Waals surface area contributed by atoms with Gasteiger partial charge >= 0.3 is 0 Å². The molecule has 4 N–H and O–H groups in total. The third-order valence-electron chi connectivity index (χ3n) is 4.18. The second kappa shape index (κ2) is 5.92. The van der Waals surface area contributed by atoms with Crippen LogP contribution in [0.25, 0.3) is 0 Å². The van der Waals surface area contributed by atoms with E-state index in [9.17, 15) is 19.8 Å². The van der Waals surface area contributed by atoms with Gasteiger partial charge in [0.1, 0.15) is 18.0 Å². The molecule has 3 rings (SSSR count). The van der Waals surface area contributed by atoms with Gasteiger partial charge in [-0.2, -0.15) is 0 Å². The number of aliphatic hydroxyl groups is 2. The first-order chi connectivity index (χ1) is 11.0. The molecule has 2 unspecified atom stereocenters. The number of hydrogen-bond acceptors (Lipinski definition) is 5. The van der Waals surface area contributed by atoms with Gasteiger partial charge < -0.3 is 25.7 Å². The molecule has 2 aliphatic heterocycles. The summed E-state index contributed by atoms with van der Waals surface area (Å²) in [7, 11) is 0. The van der Waals surface area contributed by atoms with Crippen LogP contribution in [-0.4, -0.2) is 45.7 Å².